The summed E-state index contributed by atoms with van der Waals surface area (Å²) in [5.74, 6) is -0.426. The van der Waals surface area contributed by atoms with Gasteiger partial charge >= 0.3 is 0 Å². The summed E-state index contributed by atoms with van der Waals surface area (Å²) in [6.45, 7) is 4.23. The van der Waals surface area contributed by atoms with Gasteiger partial charge in [0.2, 0.25) is 5.91 Å². The maximum Gasteiger partial charge on any atom is 0.251 e. The van der Waals surface area contributed by atoms with E-state index in [2.05, 4.69) is 5.32 Å². The van der Waals surface area contributed by atoms with Crippen LogP contribution in [0.3, 0.4) is 0 Å². The molecule has 1 aromatic rings. The molecule has 5 nitrogen and oxygen atoms in total. The Morgan fingerprint density at radius 1 is 1.35 bits per heavy atom. The van der Waals surface area contributed by atoms with Gasteiger partial charge in [-0.15, -0.1) is 0 Å². The molecular formula is C15H20N2O3. The third kappa shape index (κ3) is 2.99. The maximum absolute atomic E-state index is 12.1. The van der Waals surface area contributed by atoms with Crippen molar-refractivity contribution < 1.29 is 14.7 Å². The number of aliphatic hydroxyl groups is 1. The van der Waals surface area contributed by atoms with Crippen molar-refractivity contribution in [2.75, 3.05) is 13.1 Å². The number of β-amino-alcohol motifs (C(OH)–C–C–N with tert-alkyl or cyclic N) is 1. The van der Waals surface area contributed by atoms with E-state index in [0.29, 0.717) is 25.1 Å². The number of benzene rings is 1. The molecule has 1 fully saturated rings. The van der Waals surface area contributed by atoms with E-state index in [1.807, 2.05) is 13.0 Å². The molecule has 1 aromatic carbocycles. The first-order chi connectivity index (χ1) is 9.45. The number of rotatable bonds is 4. The molecule has 20 heavy (non-hydrogen) atoms. The average Bonchev–Trinajstić information content (AvgIpc) is 2.44. The van der Waals surface area contributed by atoms with Crippen molar-refractivity contribution in [1.29, 1.82) is 0 Å². The zero-order chi connectivity index (χ0) is 14.8. The van der Waals surface area contributed by atoms with Crippen molar-refractivity contribution in [3.05, 3.63) is 35.9 Å². The lowest BCUT2D eigenvalue weighted by Gasteiger charge is -2.46. The van der Waals surface area contributed by atoms with E-state index in [-0.39, 0.29) is 11.8 Å². The minimum absolute atomic E-state index is 0.160. The number of nitrogens with one attached hydrogen (secondary N) is 1. The number of amides is 2. The highest BCUT2D eigenvalue weighted by atomic mass is 16.3. The quantitative estimate of drug-likeness (QED) is 0.854. The summed E-state index contributed by atoms with van der Waals surface area (Å²) in [5.41, 5.74) is -0.223. The largest absolute Gasteiger partial charge is 0.386 e. The van der Waals surface area contributed by atoms with Gasteiger partial charge in [0.15, 0.2) is 0 Å². The van der Waals surface area contributed by atoms with E-state index in [9.17, 15) is 14.7 Å². The van der Waals surface area contributed by atoms with Crippen LogP contribution in [0.2, 0.25) is 0 Å². The average molecular weight is 276 g/mol. The molecule has 0 bridgehead atoms. The molecule has 2 N–H and O–H groups in total. The van der Waals surface area contributed by atoms with Crippen LogP contribution >= 0.6 is 0 Å². The Morgan fingerprint density at radius 2 is 1.95 bits per heavy atom. The van der Waals surface area contributed by atoms with Crippen molar-refractivity contribution in [1.82, 2.24) is 10.2 Å². The summed E-state index contributed by atoms with van der Waals surface area (Å²) in [7, 11) is 0. The van der Waals surface area contributed by atoms with Gasteiger partial charge in [0.05, 0.1) is 18.7 Å². The van der Waals surface area contributed by atoms with E-state index in [1.54, 1.807) is 36.1 Å². The highest BCUT2D eigenvalue weighted by Gasteiger charge is 2.43. The van der Waals surface area contributed by atoms with Crippen molar-refractivity contribution in [2.24, 2.45) is 0 Å². The zero-order valence-corrected chi connectivity index (χ0v) is 11.8. The molecule has 1 aliphatic heterocycles. The highest BCUT2D eigenvalue weighted by molar-refractivity contribution is 5.97. The molecule has 0 aromatic heterocycles. The maximum atomic E-state index is 12.1. The minimum Gasteiger partial charge on any atom is -0.386 e. The van der Waals surface area contributed by atoms with Crippen LogP contribution in [0.15, 0.2) is 30.3 Å². The van der Waals surface area contributed by atoms with E-state index in [4.69, 9.17) is 0 Å². The fourth-order valence-electron chi connectivity index (χ4n) is 2.25. The second-order valence-electron chi connectivity index (χ2n) is 5.33. The number of carbonyl (C=O) groups excluding carboxylic acids is 2. The van der Waals surface area contributed by atoms with Gasteiger partial charge in [-0.1, -0.05) is 25.1 Å². The fourth-order valence-corrected chi connectivity index (χ4v) is 2.25. The van der Waals surface area contributed by atoms with E-state index in [0.717, 1.165) is 0 Å². The number of nitrogens with zero attached hydrogens (tertiary/aromatic N) is 1. The van der Waals surface area contributed by atoms with Crippen molar-refractivity contribution in [3.8, 4) is 0 Å². The normalized spacial score (nSPS) is 18.1. The second kappa shape index (κ2) is 5.63. The van der Waals surface area contributed by atoms with Crippen LogP contribution in [0.25, 0.3) is 0 Å². The first-order valence-corrected chi connectivity index (χ1v) is 6.82. The second-order valence-corrected chi connectivity index (χ2v) is 5.33. The molecule has 1 aliphatic rings. The lowest BCUT2D eigenvalue weighted by molar-refractivity contribution is -0.157. The van der Waals surface area contributed by atoms with Crippen LogP contribution in [0.1, 0.15) is 30.6 Å². The molecule has 0 radical (unpaired) electrons. The molecule has 1 unspecified atom stereocenters. The third-order valence-electron chi connectivity index (χ3n) is 3.69. The molecule has 0 saturated carbocycles. The van der Waals surface area contributed by atoms with Gasteiger partial charge in [-0.2, -0.15) is 0 Å². The Bertz CT molecular complexity index is 495. The fraction of sp³-hybridized carbons (Fsp3) is 0.467. The Morgan fingerprint density at radius 3 is 2.50 bits per heavy atom. The zero-order valence-electron chi connectivity index (χ0n) is 11.8. The topological polar surface area (TPSA) is 69.6 Å². The number of likely N-dealkylation sites (tertiary alicyclic amines) is 1. The molecule has 2 rings (SSSR count). The molecular weight excluding hydrogens is 256 g/mol. The highest BCUT2D eigenvalue weighted by Crippen LogP contribution is 2.24. The Kier molecular flexibility index (Phi) is 4.09. The first kappa shape index (κ1) is 14.5. The van der Waals surface area contributed by atoms with Gasteiger partial charge in [0.1, 0.15) is 6.04 Å². The molecule has 2 amide bonds. The standard InChI is InChI=1S/C15H20N2O3/c1-3-15(20)9-17(10-15)14(19)11(2)16-13(18)12-7-5-4-6-8-12/h4-8,11,20H,3,9-10H2,1-2H3,(H,16,18). The Labute approximate surface area is 118 Å². The Hall–Kier alpha value is -1.88. The molecule has 1 saturated heterocycles. The molecule has 1 heterocycles. The van der Waals surface area contributed by atoms with Crippen LogP contribution in [-0.2, 0) is 4.79 Å². The number of hydrogen-bond acceptors (Lipinski definition) is 3. The third-order valence-corrected chi connectivity index (χ3v) is 3.69. The number of carbonyl (C=O) groups is 2. The summed E-state index contributed by atoms with van der Waals surface area (Å²) in [6.07, 6.45) is 0.627. The lowest BCUT2D eigenvalue weighted by Crippen LogP contribution is -2.65. The van der Waals surface area contributed by atoms with Crippen molar-refractivity contribution in [2.45, 2.75) is 31.9 Å². The van der Waals surface area contributed by atoms with Gasteiger partial charge in [0.25, 0.3) is 5.91 Å². The molecule has 0 spiro atoms. The van der Waals surface area contributed by atoms with Crippen LogP contribution < -0.4 is 5.32 Å². The van der Waals surface area contributed by atoms with Crippen LogP contribution in [0.5, 0.6) is 0 Å². The van der Waals surface area contributed by atoms with Crippen LogP contribution in [0.4, 0.5) is 0 Å². The van der Waals surface area contributed by atoms with Gasteiger partial charge < -0.3 is 15.3 Å². The predicted molar refractivity (Wildman–Crippen MR) is 75.2 cm³/mol. The van der Waals surface area contributed by atoms with Gasteiger partial charge in [-0.05, 0) is 25.5 Å². The van der Waals surface area contributed by atoms with Crippen molar-refractivity contribution in [3.63, 3.8) is 0 Å². The van der Waals surface area contributed by atoms with Crippen LogP contribution in [0, 0.1) is 0 Å². The molecule has 0 aliphatic carbocycles. The molecule has 108 valence electrons. The SMILES string of the molecule is CCC1(O)CN(C(=O)C(C)NC(=O)c2ccccc2)C1. The molecule has 1 atom stereocenters. The van der Waals surface area contributed by atoms with Gasteiger partial charge in [-0.25, -0.2) is 0 Å². The summed E-state index contributed by atoms with van der Waals surface area (Å²) >= 11 is 0. The van der Waals surface area contributed by atoms with Gasteiger partial charge in [-0.3, -0.25) is 9.59 Å². The summed E-state index contributed by atoms with van der Waals surface area (Å²) < 4.78 is 0. The Balaban J connectivity index is 1.88. The van der Waals surface area contributed by atoms with Crippen LogP contribution in [-0.4, -0.2) is 46.6 Å². The van der Waals surface area contributed by atoms with Gasteiger partial charge in [0, 0.05) is 5.56 Å². The summed E-state index contributed by atoms with van der Waals surface area (Å²) in [6, 6.07) is 8.19. The number of hydrogen-bond donors (Lipinski definition) is 2. The first-order valence-electron chi connectivity index (χ1n) is 6.82. The lowest BCUT2D eigenvalue weighted by atomic mass is 9.91. The molecule has 5 heteroatoms. The monoisotopic (exact) mass is 276 g/mol. The smallest absolute Gasteiger partial charge is 0.251 e. The van der Waals surface area contributed by atoms with Crippen molar-refractivity contribution >= 4 is 11.8 Å². The van der Waals surface area contributed by atoms with E-state index < -0.39 is 11.6 Å². The predicted octanol–water partition coefficient (Wildman–Crippen LogP) is 0.788. The summed E-state index contributed by atoms with van der Waals surface area (Å²) in [5, 5.41) is 12.6. The van der Waals surface area contributed by atoms with E-state index in [1.165, 1.54) is 0 Å². The van der Waals surface area contributed by atoms with E-state index >= 15 is 0 Å². The summed E-state index contributed by atoms with van der Waals surface area (Å²) in [4.78, 5) is 25.6. The minimum atomic E-state index is -0.751.